The average Bonchev–Trinajstić information content (AvgIpc) is 2.93. The van der Waals surface area contributed by atoms with Crippen LogP contribution in [-0.4, -0.2) is 27.5 Å². The van der Waals surface area contributed by atoms with E-state index in [9.17, 15) is 14.4 Å². The van der Waals surface area contributed by atoms with Gasteiger partial charge in [0.15, 0.2) is 0 Å². The van der Waals surface area contributed by atoms with E-state index in [0.29, 0.717) is 24.9 Å². The zero-order valence-corrected chi connectivity index (χ0v) is 15.8. The molecule has 2 N–H and O–H groups in total. The molecule has 27 heavy (non-hydrogen) atoms. The number of anilines is 1. The molecule has 0 spiro atoms. The lowest BCUT2D eigenvalue weighted by molar-refractivity contribution is -0.138. The van der Waals surface area contributed by atoms with Crippen LogP contribution in [0, 0.1) is 13.8 Å². The zero-order chi connectivity index (χ0) is 19.6. The van der Waals surface area contributed by atoms with Gasteiger partial charge in [-0.3, -0.25) is 24.4 Å². The van der Waals surface area contributed by atoms with Gasteiger partial charge in [-0.2, -0.15) is 5.10 Å². The highest BCUT2D eigenvalue weighted by molar-refractivity contribution is 6.03. The highest BCUT2D eigenvalue weighted by Crippen LogP contribution is 2.36. The van der Waals surface area contributed by atoms with Gasteiger partial charge in [0, 0.05) is 17.8 Å². The van der Waals surface area contributed by atoms with Gasteiger partial charge in [0.05, 0.1) is 11.1 Å². The Balaban J connectivity index is 1.71. The summed E-state index contributed by atoms with van der Waals surface area (Å²) in [5, 5.41) is 9.58. The van der Waals surface area contributed by atoms with Crippen molar-refractivity contribution in [2.45, 2.75) is 52.0 Å². The van der Waals surface area contributed by atoms with Crippen molar-refractivity contribution in [1.29, 1.82) is 0 Å². The number of piperidine rings is 1. The second-order valence-corrected chi connectivity index (χ2v) is 7.02. The minimum Gasteiger partial charge on any atom is -0.324 e. The first-order valence-electron chi connectivity index (χ1n) is 9.10. The zero-order valence-electron chi connectivity index (χ0n) is 15.8. The van der Waals surface area contributed by atoms with Gasteiger partial charge in [0.2, 0.25) is 17.7 Å². The third-order valence-electron chi connectivity index (χ3n) is 5.19. The molecular formula is C20H24N4O3. The summed E-state index contributed by atoms with van der Waals surface area (Å²) < 4.78 is 1.66. The lowest BCUT2D eigenvalue weighted by Gasteiger charge is -2.35. The molecule has 0 saturated carbocycles. The van der Waals surface area contributed by atoms with E-state index < -0.39 is 5.41 Å². The molecule has 0 bridgehead atoms. The van der Waals surface area contributed by atoms with Crippen molar-refractivity contribution >= 4 is 23.4 Å². The number of nitrogens with zero attached hydrogens (tertiary/aromatic N) is 2. The van der Waals surface area contributed by atoms with Crippen LogP contribution in [0.5, 0.6) is 0 Å². The van der Waals surface area contributed by atoms with Gasteiger partial charge >= 0.3 is 0 Å². The molecule has 2 heterocycles. The van der Waals surface area contributed by atoms with Crippen LogP contribution in [0.4, 0.5) is 5.69 Å². The Hall–Kier alpha value is -2.96. The van der Waals surface area contributed by atoms with E-state index in [1.54, 1.807) is 16.8 Å². The van der Waals surface area contributed by atoms with Crippen molar-refractivity contribution in [1.82, 2.24) is 15.1 Å². The number of nitrogens with one attached hydrogen (secondary N) is 2. The molecule has 1 unspecified atom stereocenters. The quantitative estimate of drug-likeness (QED) is 0.792. The highest BCUT2D eigenvalue weighted by Gasteiger charge is 2.42. The summed E-state index contributed by atoms with van der Waals surface area (Å²) >= 11 is 0. The van der Waals surface area contributed by atoms with Crippen molar-refractivity contribution in [3.63, 3.8) is 0 Å². The highest BCUT2D eigenvalue weighted by atomic mass is 16.2. The molecule has 1 atom stereocenters. The van der Waals surface area contributed by atoms with Crippen molar-refractivity contribution in [2.24, 2.45) is 0 Å². The molecule has 3 amide bonds. The minimum atomic E-state index is -0.694. The van der Waals surface area contributed by atoms with Gasteiger partial charge in [-0.05, 0) is 50.5 Å². The lowest BCUT2D eigenvalue weighted by atomic mass is 9.72. The van der Waals surface area contributed by atoms with Gasteiger partial charge in [0.1, 0.15) is 6.54 Å². The molecule has 3 rings (SSSR count). The van der Waals surface area contributed by atoms with Gasteiger partial charge in [-0.25, -0.2) is 0 Å². The summed E-state index contributed by atoms with van der Waals surface area (Å²) in [5.74, 6) is -0.639. The van der Waals surface area contributed by atoms with Crippen molar-refractivity contribution in [3.05, 3.63) is 47.3 Å². The predicted octanol–water partition coefficient (Wildman–Crippen LogP) is 2.22. The number of hydrogen-bond donors (Lipinski definition) is 2. The summed E-state index contributed by atoms with van der Waals surface area (Å²) in [7, 11) is 0. The molecule has 1 aliphatic rings. The first-order valence-corrected chi connectivity index (χ1v) is 9.10. The molecular weight excluding hydrogens is 344 g/mol. The summed E-state index contributed by atoms with van der Waals surface area (Å²) in [6, 6.07) is 9.19. The first-order chi connectivity index (χ1) is 12.8. The number of rotatable bonds is 5. The molecule has 7 nitrogen and oxygen atoms in total. The van der Waals surface area contributed by atoms with E-state index in [0.717, 1.165) is 17.0 Å². The summed E-state index contributed by atoms with van der Waals surface area (Å²) in [6.07, 6.45) is 1.44. The van der Waals surface area contributed by atoms with Gasteiger partial charge < -0.3 is 5.32 Å². The number of hydrogen-bond acceptors (Lipinski definition) is 4. The molecule has 1 aromatic carbocycles. The molecule has 142 valence electrons. The van der Waals surface area contributed by atoms with E-state index in [1.165, 1.54) is 0 Å². The van der Waals surface area contributed by atoms with Crippen LogP contribution in [0.25, 0.3) is 0 Å². The van der Waals surface area contributed by atoms with Crippen LogP contribution in [0.3, 0.4) is 0 Å². The topological polar surface area (TPSA) is 93.1 Å². The maximum atomic E-state index is 12.4. The monoisotopic (exact) mass is 368 g/mol. The van der Waals surface area contributed by atoms with E-state index in [2.05, 4.69) is 15.7 Å². The van der Waals surface area contributed by atoms with E-state index in [-0.39, 0.29) is 24.3 Å². The fourth-order valence-corrected chi connectivity index (χ4v) is 3.61. The third-order valence-corrected chi connectivity index (χ3v) is 5.19. The fraction of sp³-hybridized carbons (Fsp3) is 0.400. The summed E-state index contributed by atoms with van der Waals surface area (Å²) in [5.41, 5.74) is 2.62. The van der Waals surface area contributed by atoms with Crippen LogP contribution in [0.15, 0.2) is 30.3 Å². The van der Waals surface area contributed by atoms with Crippen LogP contribution < -0.4 is 10.6 Å². The van der Waals surface area contributed by atoms with Crippen molar-refractivity contribution < 1.29 is 14.4 Å². The predicted molar refractivity (Wildman–Crippen MR) is 101 cm³/mol. The molecule has 1 aromatic heterocycles. The molecule has 1 saturated heterocycles. The number of benzene rings is 1. The Kier molecular flexibility index (Phi) is 5.12. The smallest absolute Gasteiger partial charge is 0.246 e. The average molecular weight is 368 g/mol. The summed E-state index contributed by atoms with van der Waals surface area (Å²) in [4.78, 5) is 36.2. The molecule has 1 fully saturated rings. The molecule has 2 aromatic rings. The second-order valence-electron chi connectivity index (χ2n) is 7.02. The molecule has 0 radical (unpaired) electrons. The van der Waals surface area contributed by atoms with Gasteiger partial charge in [-0.1, -0.05) is 19.1 Å². The number of carbonyl (C=O) groups is 3. The standard InChI is InChI=1S/C20H24N4O3/c1-4-20(10-9-17(25)22-19(20)27)15-5-7-16(8-6-15)21-18(26)12-24-14(3)11-13(2)23-24/h5-8,11H,4,9-10,12H2,1-3H3,(H,21,26)(H,22,25,27). The number of imide groups is 1. The Bertz CT molecular complexity index is 885. The normalized spacial score (nSPS) is 19.7. The Morgan fingerprint density at radius 1 is 1.26 bits per heavy atom. The van der Waals surface area contributed by atoms with Gasteiger partial charge in [-0.15, -0.1) is 0 Å². The maximum absolute atomic E-state index is 12.4. The Morgan fingerprint density at radius 3 is 2.52 bits per heavy atom. The third kappa shape index (κ3) is 3.77. The van der Waals surface area contributed by atoms with Crippen LogP contribution in [0.2, 0.25) is 0 Å². The van der Waals surface area contributed by atoms with E-state index in [1.807, 2.05) is 39.0 Å². The number of amides is 3. The molecule has 1 aliphatic heterocycles. The molecule has 0 aliphatic carbocycles. The lowest BCUT2D eigenvalue weighted by Crippen LogP contribution is -2.51. The molecule has 7 heteroatoms. The van der Waals surface area contributed by atoms with Crippen LogP contribution in [0.1, 0.15) is 43.1 Å². The van der Waals surface area contributed by atoms with Crippen molar-refractivity contribution in [2.75, 3.05) is 5.32 Å². The van der Waals surface area contributed by atoms with Gasteiger partial charge in [0.25, 0.3) is 0 Å². The second kappa shape index (κ2) is 7.34. The Labute approximate surface area is 158 Å². The first kappa shape index (κ1) is 18.8. The van der Waals surface area contributed by atoms with Crippen LogP contribution >= 0.6 is 0 Å². The number of carbonyl (C=O) groups excluding carboxylic acids is 3. The van der Waals surface area contributed by atoms with Crippen LogP contribution in [-0.2, 0) is 26.3 Å². The van der Waals surface area contributed by atoms with Crippen molar-refractivity contribution in [3.8, 4) is 0 Å². The largest absolute Gasteiger partial charge is 0.324 e. The number of aromatic nitrogens is 2. The van der Waals surface area contributed by atoms with E-state index >= 15 is 0 Å². The fourth-order valence-electron chi connectivity index (χ4n) is 3.61. The van der Waals surface area contributed by atoms with E-state index in [4.69, 9.17) is 0 Å². The maximum Gasteiger partial charge on any atom is 0.246 e. The Morgan fingerprint density at radius 2 is 1.96 bits per heavy atom. The number of aryl methyl sites for hydroxylation is 2. The SMILES string of the molecule is CCC1(c2ccc(NC(=O)Cn3nc(C)cc3C)cc2)CCC(=O)NC1=O. The summed E-state index contributed by atoms with van der Waals surface area (Å²) in [6.45, 7) is 5.88. The minimum absolute atomic E-state index is 0.144.